The number of aromatic nitrogens is 2. The van der Waals surface area contributed by atoms with E-state index in [4.69, 9.17) is 5.73 Å². The molecule has 2 aromatic rings. The second kappa shape index (κ2) is 6.24. The lowest BCUT2D eigenvalue weighted by atomic mass is 10.1. The van der Waals surface area contributed by atoms with Crippen molar-refractivity contribution in [3.8, 4) is 11.3 Å². The Morgan fingerprint density at radius 1 is 1.38 bits per heavy atom. The molecule has 1 fully saturated rings. The lowest BCUT2D eigenvalue weighted by Gasteiger charge is -2.15. The van der Waals surface area contributed by atoms with Crippen LogP contribution in [-0.2, 0) is 0 Å². The van der Waals surface area contributed by atoms with Gasteiger partial charge in [-0.05, 0) is 30.7 Å². The highest BCUT2D eigenvalue weighted by atomic mass is 35.5. The van der Waals surface area contributed by atoms with E-state index in [1.807, 2.05) is 0 Å². The molecule has 21 heavy (non-hydrogen) atoms. The van der Waals surface area contributed by atoms with E-state index in [0.717, 1.165) is 12.0 Å². The third-order valence-corrected chi connectivity index (χ3v) is 3.51. The summed E-state index contributed by atoms with van der Waals surface area (Å²) in [5.74, 6) is -0.405. The van der Waals surface area contributed by atoms with E-state index in [-0.39, 0.29) is 30.2 Å². The minimum atomic E-state index is -0.313. The molecule has 1 aromatic carbocycles. The molecule has 7 heteroatoms. The van der Waals surface area contributed by atoms with Crippen molar-refractivity contribution in [1.29, 1.82) is 0 Å². The van der Waals surface area contributed by atoms with E-state index in [1.54, 1.807) is 17.0 Å². The number of nitrogens with one attached hydrogen (secondary N) is 1. The van der Waals surface area contributed by atoms with Crippen molar-refractivity contribution in [2.24, 2.45) is 5.73 Å². The van der Waals surface area contributed by atoms with Crippen LogP contribution in [0.5, 0.6) is 0 Å². The van der Waals surface area contributed by atoms with Crippen molar-refractivity contribution in [2.75, 3.05) is 13.1 Å². The Kier molecular flexibility index (Phi) is 4.59. The Labute approximate surface area is 127 Å². The van der Waals surface area contributed by atoms with Crippen LogP contribution in [0.25, 0.3) is 11.3 Å². The molecular formula is C14H16ClFN4O. The molecule has 0 radical (unpaired) electrons. The number of likely N-dealkylation sites (tertiary alicyclic amines) is 1. The summed E-state index contributed by atoms with van der Waals surface area (Å²) >= 11 is 0. The Morgan fingerprint density at radius 3 is 2.71 bits per heavy atom. The van der Waals surface area contributed by atoms with Gasteiger partial charge in [0.25, 0.3) is 5.91 Å². The van der Waals surface area contributed by atoms with Crippen molar-refractivity contribution in [3.63, 3.8) is 0 Å². The van der Waals surface area contributed by atoms with E-state index in [9.17, 15) is 9.18 Å². The maximum absolute atomic E-state index is 13.0. The molecule has 3 N–H and O–H groups in total. The highest BCUT2D eigenvalue weighted by Gasteiger charge is 2.27. The maximum Gasteiger partial charge on any atom is 0.257 e. The topological polar surface area (TPSA) is 75.0 Å². The SMILES string of the molecule is Cl.N[C@@H]1CCN(C(=O)c2cn[nH]c2-c2ccc(F)cc2)C1. The van der Waals surface area contributed by atoms with Crippen molar-refractivity contribution in [2.45, 2.75) is 12.5 Å². The van der Waals surface area contributed by atoms with E-state index in [1.165, 1.54) is 18.3 Å². The summed E-state index contributed by atoms with van der Waals surface area (Å²) < 4.78 is 13.0. The van der Waals surface area contributed by atoms with Gasteiger partial charge >= 0.3 is 0 Å². The van der Waals surface area contributed by atoms with Crippen LogP contribution in [-0.4, -0.2) is 40.1 Å². The van der Waals surface area contributed by atoms with Crippen molar-refractivity contribution < 1.29 is 9.18 Å². The van der Waals surface area contributed by atoms with Crippen LogP contribution in [0, 0.1) is 5.82 Å². The predicted octanol–water partition coefficient (Wildman–Crippen LogP) is 1.81. The summed E-state index contributed by atoms with van der Waals surface area (Å²) in [7, 11) is 0. The number of amides is 1. The first kappa shape index (κ1) is 15.5. The van der Waals surface area contributed by atoms with Crippen LogP contribution < -0.4 is 5.73 Å². The fourth-order valence-corrected chi connectivity index (χ4v) is 2.43. The van der Waals surface area contributed by atoms with Crippen molar-refractivity contribution in [1.82, 2.24) is 15.1 Å². The highest BCUT2D eigenvalue weighted by Crippen LogP contribution is 2.23. The molecule has 3 rings (SSSR count). The third-order valence-electron chi connectivity index (χ3n) is 3.51. The molecule has 1 saturated heterocycles. The predicted molar refractivity (Wildman–Crippen MR) is 79.7 cm³/mol. The molecular weight excluding hydrogens is 295 g/mol. The van der Waals surface area contributed by atoms with Gasteiger partial charge in [-0.15, -0.1) is 12.4 Å². The summed E-state index contributed by atoms with van der Waals surface area (Å²) in [4.78, 5) is 14.2. The van der Waals surface area contributed by atoms with Gasteiger partial charge in [0.05, 0.1) is 17.5 Å². The van der Waals surface area contributed by atoms with Gasteiger partial charge in [0.2, 0.25) is 0 Å². The van der Waals surface area contributed by atoms with Gasteiger partial charge in [0.15, 0.2) is 0 Å². The number of H-pyrrole nitrogens is 1. The molecule has 1 aliphatic rings. The summed E-state index contributed by atoms with van der Waals surface area (Å²) in [5, 5.41) is 6.74. The van der Waals surface area contributed by atoms with Crippen LogP contribution in [0.2, 0.25) is 0 Å². The summed E-state index contributed by atoms with van der Waals surface area (Å²) in [6.07, 6.45) is 2.32. The summed E-state index contributed by atoms with van der Waals surface area (Å²) in [6, 6.07) is 6.00. The van der Waals surface area contributed by atoms with E-state index in [0.29, 0.717) is 24.3 Å². The zero-order chi connectivity index (χ0) is 14.1. The average Bonchev–Trinajstić information content (AvgIpc) is 3.07. The van der Waals surface area contributed by atoms with Crippen LogP contribution in [0.1, 0.15) is 16.8 Å². The van der Waals surface area contributed by atoms with Gasteiger partial charge in [-0.3, -0.25) is 9.89 Å². The number of nitrogens with two attached hydrogens (primary N) is 1. The molecule has 1 aliphatic heterocycles. The largest absolute Gasteiger partial charge is 0.337 e. The van der Waals surface area contributed by atoms with Gasteiger partial charge in [-0.2, -0.15) is 5.10 Å². The number of hydrogen-bond acceptors (Lipinski definition) is 3. The maximum atomic E-state index is 13.0. The molecule has 5 nitrogen and oxygen atoms in total. The average molecular weight is 311 g/mol. The van der Waals surface area contributed by atoms with E-state index >= 15 is 0 Å². The number of halogens is 2. The number of carbonyl (C=O) groups is 1. The highest BCUT2D eigenvalue weighted by molar-refractivity contribution is 5.99. The number of nitrogens with zero attached hydrogens (tertiary/aromatic N) is 2. The molecule has 2 heterocycles. The molecule has 1 aromatic heterocycles. The molecule has 1 atom stereocenters. The number of aromatic amines is 1. The quantitative estimate of drug-likeness (QED) is 0.888. The molecule has 0 spiro atoms. The minimum absolute atomic E-state index is 0. The fourth-order valence-electron chi connectivity index (χ4n) is 2.43. The monoisotopic (exact) mass is 310 g/mol. The fraction of sp³-hybridized carbons (Fsp3) is 0.286. The van der Waals surface area contributed by atoms with Crippen molar-refractivity contribution in [3.05, 3.63) is 41.8 Å². The third kappa shape index (κ3) is 3.06. The van der Waals surface area contributed by atoms with Crippen LogP contribution >= 0.6 is 12.4 Å². The normalized spacial score (nSPS) is 17.6. The van der Waals surface area contributed by atoms with Gasteiger partial charge in [0.1, 0.15) is 5.82 Å². The zero-order valence-corrected chi connectivity index (χ0v) is 12.1. The standard InChI is InChI=1S/C14H15FN4O.ClH/c15-10-3-1-9(2-4-10)13-12(7-17-18-13)14(20)19-6-5-11(16)8-19;/h1-4,7,11H,5-6,8,16H2,(H,17,18);1H/t11-;/m1./s1. The Hall–Kier alpha value is -1.92. The van der Waals surface area contributed by atoms with Crippen LogP contribution in [0.4, 0.5) is 4.39 Å². The van der Waals surface area contributed by atoms with Gasteiger partial charge in [0, 0.05) is 24.7 Å². The molecule has 0 unspecified atom stereocenters. The summed E-state index contributed by atoms with van der Waals surface area (Å²) in [5.41, 5.74) is 7.65. The van der Waals surface area contributed by atoms with Crippen LogP contribution in [0.3, 0.4) is 0 Å². The molecule has 112 valence electrons. The first-order valence-corrected chi connectivity index (χ1v) is 6.49. The number of benzene rings is 1. The minimum Gasteiger partial charge on any atom is -0.337 e. The lowest BCUT2D eigenvalue weighted by molar-refractivity contribution is 0.0791. The zero-order valence-electron chi connectivity index (χ0n) is 11.3. The second-order valence-corrected chi connectivity index (χ2v) is 4.97. The Bertz CT molecular complexity index is 628. The second-order valence-electron chi connectivity index (χ2n) is 4.97. The number of rotatable bonds is 2. The van der Waals surface area contributed by atoms with Gasteiger partial charge in [-0.1, -0.05) is 0 Å². The number of carbonyl (C=O) groups excluding carboxylic acids is 1. The Morgan fingerprint density at radius 2 is 2.10 bits per heavy atom. The Balaban J connectivity index is 0.00000161. The smallest absolute Gasteiger partial charge is 0.257 e. The van der Waals surface area contributed by atoms with Gasteiger partial charge < -0.3 is 10.6 Å². The van der Waals surface area contributed by atoms with E-state index in [2.05, 4.69) is 10.2 Å². The molecule has 0 saturated carbocycles. The molecule has 0 bridgehead atoms. The van der Waals surface area contributed by atoms with Gasteiger partial charge in [-0.25, -0.2) is 4.39 Å². The van der Waals surface area contributed by atoms with Crippen LogP contribution in [0.15, 0.2) is 30.5 Å². The van der Waals surface area contributed by atoms with E-state index < -0.39 is 0 Å². The van der Waals surface area contributed by atoms with Crippen molar-refractivity contribution >= 4 is 18.3 Å². The number of hydrogen-bond donors (Lipinski definition) is 2. The molecule has 1 amide bonds. The first-order valence-electron chi connectivity index (χ1n) is 6.49. The lowest BCUT2D eigenvalue weighted by Crippen LogP contribution is -2.31. The molecule has 0 aliphatic carbocycles. The summed E-state index contributed by atoms with van der Waals surface area (Å²) in [6.45, 7) is 1.22. The first-order chi connectivity index (χ1) is 9.65.